The first-order valence-electron chi connectivity index (χ1n) is 7.40. The molecule has 3 unspecified atom stereocenters. The van der Waals surface area contributed by atoms with Crippen molar-refractivity contribution in [1.29, 1.82) is 5.26 Å². The van der Waals surface area contributed by atoms with Gasteiger partial charge in [-0.1, -0.05) is 13.0 Å². The highest BCUT2D eigenvalue weighted by Gasteiger charge is 2.50. The van der Waals surface area contributed by atoms with E-state index in [0.29, 0.717) is 6.07 Å². The number of hydrogen-bond acceptors (Lipinski definition) is 4. The molecule has 0 radical (unpaired) electrons. The number of carboxylic acid groups (broad SMARTS) is 1. The molecule has 1 N–H and O–H groups in total. The van der Waals surface area contributed by atoms with Gasteiger partial charge >= 0.3 is 6.18 Å². The maximum atomic E-state index is 13.4. The van der Waals surface area contributed by atoms with Crippen LogP contribution < -0.4 is 10.4 Å². The van der Waals surface area contributed by atoms with Crippen LogP contribution in [0.15, 0.2) is 29.5 Å². The van der Waals surface area contributed by atoms with Gasteiger partial charge in [0.1, 0.15) is 5.82 Å². The topological polar surface area (TPSA) is 76.0 Å². The molecular formula is C17H15F4N2O2-. The Morgan fingerprint density at radius 1 is 1.40 bits per heavy atom. The van der Waals surface area contributed by atoms with Gasteiger partial charge < -0.3 is 15.2 Å². The fourth-order valence-corrected chi connectivity index (χ4v) is 3.27. The number of aliphatic carboxylic acids is 1. The number of nitrogens with one attached hydrogen (secondary N) is 1. The number of rotatable bonds is 2. The molecule has 1 aliphatic rings. The highest BCUT2D eigenvalue weighted by atomic mass is 19.4. The second-order valence-electron chi connectivity index (χ2n) is 6.25. The Hall–Kier alpha value is -2.56. The number of benzene rings is 1. The Balaban J connectivity index is 2.87. The van der Waals surface area contributed by atoms with Crippen molar-refractivity contribution in [3.63, 3.8) is 0 Å². The number of hydrogen-bond donors (Lipinski definition) is 1. The number of nitrogens with zero attached hydrogens (tertiary/aromatic N) is 1. The molecule has 0 fully saturated rings. The van der Waals surface area contributed by atoms with Crippen LogP contribution in [0, 0.1) is 22.6 Å². The minimum atomic E-state index is -4.91. The van der Waals surface area contributed by atoms with Crippen LogP contribution in [0.2, 0.25) is 0 Å². The fourth-order valence-electron chi connectivity index (χ4n) is 3.27. The quantitative estimate of drug-likeness (QED) is 0.827. The lowest BCUT2D eigenvalue weighted by Crippen LogP contribution is -2.58. The Labute approximate surface area is 141 Å². The van der Waals surface area contributed by atoms with E-state index >= 15 is 0 Å². The van der Waals surface area contributed by atoms with E-state index in [9.17, 15) is 32.7 Å². The summed E-state index contributed by atoms with van der Waals surface area (Å²) in [5, 5.41) is 24.1. The van der Waals surface area contributed by atoms with E-state index in [0.717, 1.165) is 12.1 Å². The van der Waals surface area contributed by atoms with Crippen LogP contribution in [-0.2, 0) is 11.0 Å². The third-order valence-electron chi connectivity index (χ3n) is 4.82. The second-order valence-corrected chi connectivity index (χ2v) is 6.25. The monoisotopic (exact) mass is 355 g/mol. The molecule has 0 amide bonds. The molecule has 8 heteroatoms. The van der Waals surface area contributed by atoms with Crippen molar-refractivity contribution in [2.24, 2.45) is 5.41 Å². The van der Waals surface area contributed by atoms with Gasteiger partial charge in [-0.15, -0.1) is 0 Å². The first-order valence-corrected chi connectivity index (χ1v) is 7.40. The molecule has 2 rings (SSSR count). The van der Waals surface area contributed by atoms with Gasteiger partial charge in [0.15, 0.2) is 0 Å². The van der Waals surface area contributed by atoms with Crippen molar-refractivity contribution in [3.8, 4) is 6.07 Å². The molecule has 25 heavy (non-hydrogen) atoms. The number of alkyl halides is 3. The Kier molecular flexibility index (Phi) is 4.55. The molecule has 134 valence electrons. The predicted octanol–water partition coefficient (Wildman–Crippen LogP) is 2.47. The van der Waals surface area contributed by atoms with Crippen molar-refractivity contribution in [3.05, 3.63) is 46.4 Å². The van der Waals surface area contributed by atoms with Crippen LogP contribution in [0.3, 0.4) is 0 Å². The average molecular weight is 355 g/mol. The average Bonchev–Trinajstić information content (AvgIpc) is 2.49. The molecule has 0 saturated heterocycles. The van der Waals surface area contributed by atoms with E-state index in [1.807, 2.05) is 0 Å². The SMILES string of the molecule is CC1=C(C#N)C(c2ccc(F)cc2C(F)(F)F)C(C)(C(=O)[O-])C(C)N1. The lowest BCUT2D eigenvalue weighted by Gasteiger charge is -2.48. The van der Waals surface area contributed by atoms with Crippen molar-refractivity contribution < 1.29 is 27.5 Å². The maximum absolute atomic E-state index is 13.4. The summed E-state index contributed by atoms with van der Waals surface area (Å²) in [5.41, 5.74) is -3.50. The number of halogens is 4. The molecule has 0 saturated carbocycles. The summed E-state index contributed by atoms with van der Waals surface area (Å²) in [7, 11) is 0. The highest BCUT2D eigenvalue weighted by Crippen LogP contribution is 2.50. The number of nitriles is 1. The van der Waals surface area contributed by atoms with Crippen LogP contribution in [0.4, 0.5) is 17.6 Å². The summed E-state index contributed by atoms with van der Waals surface area (Å²) in [6, 6.07) is 2.98. The minimum Gasteiger partial charge on any atom is -0.549 e. The van der Waals surface area contributed by atoms with Crippen LogP contribution in [0.1, 0.15) is 37.8 Å². The lowest BCUT2D eigenvalue weighted by molar-refractivity contribution is -0.320. The Morgan fingerprint density at radius 2 is 2.00 bits per heavy atom. The van der Waals surface area contributed by atoms with Crippen LogP contribution in [0.5, 0.6) is 0 Å². The van der Waals surface area contributed by atoms with E-state index in [2.05, 4.69) is 5.32 Å². The van der Waals surface area contributed by atoms with Crippen molar-refractivity contribution in [2.45, 2.75) is 38.9 Å². The molecule has 1 aliphatic heterocycles. The van der Waals surface area contributed by atoms with Gasteiger partial charge in [0.05, 0.1) is 23.2 Å². The Bertz CT molecular complexity index is 795. The zero-order valence-corrected chi connectivity index (χ0v) is 13.7. The van der Waals surface area contributed by atoms with E-state index in [-0.39, 0.29) is 11.3 Å². The summed E-state index contributed by atoms with van der Waals surface area (Å²) in [5.74, 6) is -4.14. The van der Waals surface area contributed by atoms with E-state index in [1.165, 1.54) is 20.8 Å². The Morgan fingerprint density at radius 3 is 2.48 bits per heavy atom. The van der Waals surface area contributed by atoms with Gasteiger partial charge in [0, 0.05) is 23.1 Å². The first kappa shape index (κ1) is 18.8. The number of carbonyl (C=O) groups is 1. The molecule has 1 aromatic rings. The molecule has 4 nitrogen and oxygen atoms in total. The number of allylic oxidation sites excluding steroid dienone is 2. The molecule has 1 aromatic carbocycles. The molecule has 0 bridgehead atoms. The molecule has 0 aliphatic carbocycles. The summed E-state index contributed by atoms with van der Waals surface area (Å²) in [6.45, 7) is 4.18. The number of carbonyl (C=O) groups excluding carboxylic acids is 1. The highest BCUT2D eigenvalue weighted by molar-refractivity contribution is 5.77. The zero-order chi connectivity index (χ0) is 19.2. The van der Waals surface area contributed by atoms with Gasteiger partial charge in [0.25, 0.3) is 0 Å². The molecule has 0 spiro atoms. The fraction of sp³-hybridized carbons (Fsp3) is 0.412. The van der Waals surface area contributed by atoms with Gasteiger partial charge in [-0.25, -0.2) is 4.39 Å². The standard InChI is InChI=1S/C17H16F4N2O2/c1-8-12(7-22)14(16(3,15(24)25)9(2)23-8)11-5-4-10(18)6-13(11)17(19,20)21/h4-6,9,14,23H,1-3H3,(H,24,25)/p-1. The summed E-state index contributed by atoms with van der Waals surface area (Å²) in [4.78, 5) is 11.8. The van der Waals surface area contributed by atoms with E-state index in [4.69, 9.17) is 0 Å². The van der Waals surface area contributed by atoms with E-state index in [1.54, 1.807) is 6.07 Å². The smallest absolute Gasteiger partial charge is 0.416 e. The summed E-state index contributed by atoms with van der Waals surface area (Å²) >= 11 is 0. The van der Waals surface area contributed by atoms with Gasteiger partial charge in [-0.2, -0.15) is 18.4 Å². The molecule has 3 atom stereocenters. The third-order valence-corrected chi connectivity index (χ3v) is 4.82. The maximum Gasteiger partial charge on any atom is 0.416 e. The predicted molar refractivity (Wildman–Crippen MR) is 78.2 cm³/mol. The normalized spacial score (nSPS) is 26.8. The van der Waals surface area contributed by atoms with Crippen LogP contribution >= 0.6 is 0 Å². The largest absolute Gasteiger partial charge is 0.549 e. The minimum absolute atomic E-state index is 0.151. The molecular weight excluding hydrogens is 340 g/mol. The van der Waals surface area contributed by atoms with Gasteiger partial charge in [0.2, 0.25) is 0 Å². The van der Waals surface area contributed by atoms with Gasteiger partial charge in [-0.3, -0.25) is 0 Å². The van der Waals surface area contributed by atoms with Crippen molar-refractivity contribution in [1.82, 2.24) is 5.32 Å². The lowest BCUT2D eigenvalue weighted by atomic mass is 9.63. The van der Waals surface area contributed by atoms with Crippen LogP contribution in [0.25, 0.3) is 0 Å². The number of carboxylic acids is 1. The summed E-state index contributed by atoms with van der Waals surface area (Å²) in [6.07, 6.45) is -4.91. The van der Waals surface area contributed by atoms with Crippen molar-refractivity contribution in [2.75, 3.05) is 0 Å². The molecule has 1 heterocycles. The first-order chi connectivity index (χ1) is 11.4. The second kappa shape index (κ2) is 6.06. The van der Waals surface area contributed by atoms with E-state index < -0.39 is 46.5 Å². The van der Waals surface area contributed by atoms with Crippen molar-refractivity contribution >= 4 is 5.97 Å². The van der Waals surface area contributed by atoms with Gasteiger partial charge in [-0.05, 0) is 31.5 Å². The summed E-state index contributed by atoms with van der Waals surface area (Å²) < 4.78 is 53.7. The third kappa shape index (κ3) is 2.95. The van der Waals surface area contributed by atoms with Crippen LogP contribution in [-0.4, -0.2) is 12.0 Å². The zero-order valence-electron chi connectivity index (χ0n) is 13.7. The molecule has 0 aromatic heterocycles.